The van der Waals surface area contributed by atoms with Crippen molar-refractivity contribution in [1.82, 2.24) is 15.3 Å². The molecule has 1 heterocycles. The van der Waals surface area contributed by atoms with Crippen LogP contribution in [0.15, 0.2) is 47.8 Å². The molecule has 0 saturated carbocycles. The Kier molecular flexibility index (Phi) is 3.92. The third-order valence-corrected chi connectivity index (χ3v) is 3.94. The lowest BCUT2D eigenvalue weighted by Gasteiger charge is -2.15. The van der Waals surface area contributed by atoms with E-state index in [1.807, 2.05) is 7.05 Å². The SMILES string of the molecule is CNC(c1ccc(S(C)(=O)=O)cc1)c1cnccn1. The van der Waals surface area contributed by atoms with Crippen LogP contribution in [-0.4, -0.2) is 31.7 Å². The largest absolute Gasteiger partial charge is 0.308 e. The number of benzene rings is 1. The minimum absolute atomic E-state index is 0.109. The molecule has 0 radical (unpaired) electrons. The van der Waals surface area contributed by atoms with Crippen molar-refractivity contribution in [3.63, 3.8) is 0 Å². The fraction of sp³-hybridized carbons (Fsp3) is 0.231. The van der Waals surface area contributed by atoms with Crippen LogP contribution in [0.5, 0.6) is 0 Å². The number of rotatable bonds is 4. The smallest absolute Gasteiger partial charge is 0.175 e. The van der Waals surface area contributed by atoms with Crippen LogP contribution < -0.4 is 5.32 Å². The molecule has 1 aromatic heterocycles. The Bertz CT molecular complexity index is 639. The molecular formula is C13H15N3O2S. The number of hydrogen-bond acceptors (Lipinski definition) is 5. The molecule has 6 heteroatoms. The molecule has 0 aliphatic rings. The van der Waals surface area contributed by atoms with Gasteiger partial charge in [0.25, 0.3) is 0 Å². The predicted molar refractivity (Wildman–Crippen MR) is 72.5 cm³/mol. The summed E-state index contributed by atoms with van der Waals surface area (Å²) in [5.41, 5.74) is 1.73. The minimum atomic E-state index is -3.17. The monoisotopic (exact) mass is 277 g/mol. The van der Waals surface area contributed by atoms with Crippen molar-refractivity contribution in [3.05, 3.63) is 54.1 Å². The molecule has 1 unspecified atom stereocenters. The van der Waals surface area contributed by atoms with Gasteiger partial charge in [-0.25, -0.2) is 8.42 Å². The van der Waals surface area contributed by atoms with E-state index in [4.69, 9.17) is 0 Å². The Balaban J connectivity index is 2.35. The Morgan fingerprint density at radius 2 is 1.84 bits per heavy atom. The Hall–Kier alpha value is -1.79. The summed E-state index contributed by atoms with van der Waals surface area (Å²) in [6.45, 7) is 0. The lowest BCUT2D eigenvalue weighted by Crippen LogP contribution is -2.19. The van der Waals surface area contributed by atoms with Crippen molar-refractivity contribution in [2.24, 2.45) is 0 Å². The molecular weight excluding hydrogens is 262 g/mol. The number of hydrogen-bond donors (Lipinski definition) is 1. The maximum atomic E-state index is 11.4. The van der Waals surface area contributed by atoms with Crippen LogP contribution in [0, 0.1) is 0 Å². The first-order chi connectivity index (χ1) is 9.02. The van der Waals surface area contributed by atoms with Crippen LogP contribution in [0.25, 0.3) is 0 Å². The van der Waals surface area contributed by atoms with Crippen LogP contribution in [0.1, 0.15) is 17.3 Å². The number of sulfone groups is 1. The van der Waals surface area contributed by atoms with Gasteiger partial charge >= 0.3 is 0 Å². The molecule has 0 fully saturated rings. The van der Waals surface area contributed by atoms with Crippen molar-refractivity contribution in [2.75, 3.05) is 13.3 Å². The van der Waals surface area contributed by atoms with Crippen molar-refractivity contribution < 1.29 is 8.42 Å². The number of nitrogens with zero attached hydrogens (tertiary/aromatic N) is 2. The quantitative estimate of drug-likeness (QED) is 0.909. The Morgan fingerprint density at radius 3 is 2.32 bits per heavy atom. The average molecular weight is 277 g/mol. The van der Waals surface area contributed by atoms with E-state index in [1.54, 1.807) is 42.9 Å². The van der Waals surface area contributed by atoms with Gasteiger partial charge in [0.1, 0.15) is 0 Å². The first kappa shape index (κ1) is 13.6. The zero-order valence-corrected chi connectivity index (χ0v) is 11.6. The summed E-state index contributed by atoms with van der Waals surface area (Å²) in [6, 6.07) is 6.66. The Morgan fingerprint density at radius 1 is 1.16 bits per heavy atom. The molecule has 1 N–H and O–H groups in total. The summed E-state index contributed by atoms with van der Waals surface area (Å²) in [4.78, 5) is 8.60. The molecule has 5 nitrogen and oxygen atoms in total. The molecule has 2 aromatic rings. The molecule has 1 aromatic carbocycles. The van der Waals surface area contributed by atoms with Crippen LogP contribution >= 0.6 is 0 Å². The third kappa shape index (κ3) is 3.15. The van der Waals surface area contributed by atoms with Crippen LogP contribution in [0.3, 0.4) is 0 Å². The van der Waals surface area contributed by atoms with E-state index in [1.165, 1.54) is 6.26 Å². The van der Waals surface area contributed by atoms with Crippen LogP contribution in [-0.2, 0) is 9.84 Å². The summed E-state index contributed by atoms with van der Waals surface area (Å²) in [6.07, 6.45) is 6.12. The molecule has 0 aliphatic carbocycles. The zero-order chi connectivity index (χ0) is 13.9. The summed E-state index contributed by atoms with van der Waals surface area (Å²) < 4.78 is 22.8. The molecule has 0 amide bonds. The van der Waals surface area contributed by atoms with Gasteiger partial charge in [0.15, 0.2) is 9.84 Å². The van der Waals surface area contributed by atoms with E-state index in [2.05, 4.69) is 15.3 Å². The van der Waals surface area contributed by atoms with Gasteiger partial charge in [0.2, 0.25) is 0 Å². The van der Waals surface area contributed by atoms with Gasteiger partial charge in [0.05, 0.1) is 22.8 Å². The second kappa shape index (κ2) is 5.46. The molecule has 0 saturated heterocycles. The van der Waals surface area contributed by atoms with Gasteiger partial charge in [-0.15, -0.1) is 0 Å². The van der Waals surface area contributed by atoms with E-state index >= 15 is 0 Å². The second-order valence-corrected chi connectivity index (χ2v) is 6.21. The Labute approximate surface area is 112 Å². The van der Waals surface area contributed by atoms with E-state index in [0.29, 0.717) is 4.90 Å². The molecule has 0 aliphatic heterocycles. The third-order valence-electron chi connectivity index (χ3n) is 2.81. The topological polar surface area (TPSA) is 72.0 Å². The highest BCUT2D eigenvalue weighted by atomic mass is 32.2. The van der Waals surface area contributed by atoms with E-state index < -0.39 is 9.84 Å². The summed E-state index contributed by atoms with van der Waals surface area (Å²) in [7, 11) is -1.34. The number of nitrogens with one attached hydrogen (secondary N) is 1. The first-order valence-electron chi connectivity index (χ1n) is 5.75. The number of aromatic nitrogens is 2. The minimum Gasteiger partial charge on any atom is -0.308 e. The molecule has 0 bridgehead atoms. The fourth-order valence-corrected chi connectivity index (χ4v) is 2.48. The summed E-state index contributed by atoms with van der Waals surface area (Å²) in [5.74, 6) is 0. The maximum Gasteiger partial charge on any atom is 0.175 e. The standard InChI is InChI=1S/C13H15N3O2S/c1-14-13(12-9-15-7-8-16-12)10-3-5-11(6-4-10)19(2,17)18/h3-9,13-14H,1-2H3. The van der Waals surface area contributed by atoms with Gasteiger partial charge in [-0.05, 0) is 24.7 Å². The van der Waals surface area contributed by atoms with Gasteiger partial charge in [0, 0.05) is 18.6 Å². The lowest BCUT2D eigenvalue weighted by atomic mass is 10.0. The normalized spacial score (nSPS) is 13.2. The molecule has 0 spiro atoms. The molecule has 1 atom stereocenters. The zero-order valence-electron chi connectivity index (χ0n) is 10.7. The van der Waals surface area contributed by atoms with Crippen molar-refractivity contribution >= 4 is 9.84 Å². The second-order valence-electron chi connectivity index (χ2n) is 4.19. The van der Waals surface area contributed by atoms with Crippen molar-refractivity contribution in [2.45, 2.75) is 10.9 Å². The van der Waals surface area contributed by atoms with Gasteiger partial charge in [-0.1, -0.05) is 12.1 Å². The molecule has 100 valence electrons. The first-order valence-corrected chi connectivity index (χ1v) is 7.64. The van der Waals surface area contributed by atoms with Crippen LogP contribution in [0.2, 0.25) is 0 Å². The van der Waals surface area contributed by atoms with E-state index in [9.17, 15) is 8.42 Å². The van der Waals surface area contributed by atoms with Gasteiger partial charge < -0.3 is 5.32 Å². The average Bonchev–Trinajstić information content (AvgIpc) is 2.40. The van der Waals surface area contributed by atoms with E-state index in [0.717, 1.165) is 11.3 Å². The maximum absolute atomic E-state index is 11.4. The summed E-state index contributed by atoms with van der Waals surface area (Å²) >= 11 is 0. The van der Waals surface area contributed by atoms with Gasteiger partial charge in [-0.2, -0.15) is 0 Å². The van der Waals surface area contributed by atoms with Gasteiger partial charge in [-0.3, -0.25) is 9.97 Å². The molecule has 2 rings (SSSR count). The highest BCUT2D eigenvalue weighted by Crippen LogP contribution is 2.20. The highest BCUT2D eigenvalue weighted by Gasteiger charge is 2.14. The fourth-order valence-electron chi connectivity index (χ4n) is 1.85. The van der Waals surface area contributed by atoms with E-state index in [-0.39, 0.29) is 6.04 Å². The summed E-state index contributed by atoms with van der Waals surface area (Å²) in [5, 5.41) is 3.14. The van der Waals surface area contributed by atoms with Crippen molar-refractivity contribution in [1.29, 1.82) is 0 Å². The highest BCUT2D eigenvalue weighted by molar-refractivity contribution is 7.90. The predicted octanol–water partition coefficient (Wildman–Crippen LogP) is 1.19. The van der Waals surface area contributed by atoms with Crippen molar-refractivity contribution in [3.8, 4) is 0 Å². The molecule has 19 heavy (non-hydrogen) atoms. The lowest BCUT2D eigenvalue weighted by molar-refractivity contribution is 0.601. The van der Waals surface area contributed by atoms with Crippen LogP contribution in [0.4, 0.5) is 0 Å².